The number of aryl methyl sites for hydroxylation is 2. The van der Waals surface area contributed by atoms with Crippen LogP contribution in [0.3, 0.4) is 0 Å². The lowest BCUT2D eigenvalue weighted by atomic mass is 9.84. The molecule has 2 aliphatic rings. The number of hydrogen-bond acceptors (Lipinski definition) is 4. The van der Waals surface area contributed by atoms with Gasteiger partial charge in [0.15, 0.2) is 0 Å². The van der Waals surface area contributed by atoms with Gasteiger partial charge in [-0.15, -0.1) is 0 Å². The number of fused-ring (bicyclic) bond motifs is 2. The van der Waals surface area contributed by atoms with Crippen molar-refractivity contribution < 1.29 is 14.3 Å². The number of benzene rings is 1. The zero-order valence-corrected chi connectivity index (χ0v) is 17.9. The molecule has 30 heavy (non-hydrogen) atoms. The van der Waals surface area contributed by atoms with E-state index in [1.807, 2.05) is 31.2 Å². The second-order valence-electron chi connectivity index (χ2n) is 8.51. The highest BCUT2D eigenvalue weighted by atomic mass is 16.5. The fourth-order valence-corrected chi connectivity index (χ4v) is 5.43. The molecule has 3 unspecified atom stereocenters. The van der Waals surface area contributed by atoms with Crippen molar-refractivity contribution in [3.8, 4) is 0 Å². The first-order valence-electron chi connectivity index (χ1n) is 11.1. The number of esters is 1. The molecule has 1 aliphatic heterocycles. The third-order valence-electron chi connectivity index (χ3n) is 6.77. The molecule has 162 valence electrons. The van der Waals surface area contributed by atoms with E-state index in [-0.39, 0.29) is 30.0 Å². The van der Waals surface area contributed by atoms with Crippen molar-refractivity contribution in [2.45, 2.75) is 77.0 Å². The van der Waals surface area contributed by atoms with Crippen molar-refractivity contribution in [3.63, 3.8) is 0 Å². The highest BCUT2D eigenvalue weighted by molar-refractivity contribution is 5.86. The number of ether oxygens (including phenoxy) is 1. The number of likely N-dealkylation sites (tertiary alicyclic amines) is 1. The Morgan fingerprint density at radius 2 is 1.73 bits per heavy atom. The van der Waals surface area contributed by atoms with Gasteiger partial charge in [-0.25, -0.2) is 9.59 Å². The van der Waals surface area contributed by atoms with Gasteiger partial charge < -0.3 is 9.64 Å². The van der Waals surface area contributed by atoms with Gasteiger partial charge in [-0.1, -0.05) is 31.9 Å². The first kappa shape index (κ1) is 20.7. The van der Waals surface area contributed by atoms with Crippen LogP contribution in [0.15, 0.2) is 29.1 Å². The SMILES string of the molecule is CCCn1c(=O)n(CCC(=O)N2C(C(=O)OC)CC3CCCCC32)c2ccccc21. The number of aromatic nitrogens is 2. The normalized spacial score (nSPS) is 23.5. The number of para-hydroxylation sites is 2. The molecule has 2 fully saturated rings. The van der Waals surface area contributed by atoms with Crippen molar-refractivity contribution in [3.05, 3.63) is 34.7 Å². The van der Waals surface area contributed by atoms with Crippen LogP contribution in [0.2, 0.25) is 0 Å². The van der Waals surface area contributed by atoms with E-state index in [1.165, 1.54) is 7.11 Å². The fourth-order valence-electron chi connectivity index (χ4n) is 5.43. The van der Waals surface area contributed by atoms with Crippen LogP contribution in [0.1, 0.15) is 51.9 Å². The van der Waals surface area contributed by atoms with E-state index in [2.05, 4.69) is 0 Å². The highest BCUT2D eigenvalue weighted by Gasteiger charge is 2.47. The summed E-state index contributed by atoms with van der Waals surface area (Å²) >= 11 is 0. The van der Waals surface area contributed by atoms with E-state index in [4.69, 9.17) is 4.74 Å². The molecule has 0 spiro atoms. The maximum atomic E-state index is 13.3. The van der Waals surface area contributed by atoms with E-state index >= 15 is 0 Å². The molecule has 1 aromatic carbocycles. The maximum absolute atomic E-state index is 13.3. The number of methoxy groups -OCH3 is 1. The van der Waals surface area contributed by atoms with E-state index < -0.39 is 6.04 Å². The summed E-state index contributed by atoms with van der Waals surface area (Å²) < 4.78 is 8.48. The lowest BCUT2D eigenvalue weighted by Crippen LogP contribution is -2.47. The largest absolute Gasteiger partial charge is 0.467 e. The summed E-state index contributed by atoms with van der Waals surface area (Å²) in [5.41, 5.74) is 1.68. The molecule has 1 aliphatic carbocycles. The Balaban J connectivity index is 1.57. The first-order chi connectivity index (χ1) is 14.6. The van der Waals surface area contributed by atoms with Gasteiger partial charge in [0.05, 0.1) is 18.1 Å². The fraction of sp³-hybridized carbons (Fsp3) is 0.609. The van der Waals surface area contributed by atoms with E-state index in [0.717, 1.165) is 43.1 Å². The molecule has 1 amide bonds. The van der Waals surface area contributed by atoms with Crippen LogP contribution in [0.5, 0.6) is 0 Å². The van der Waals surface area contributed by atoms with Gasteiger partial charge in [-0.2, -0.15) is 0 Å². The molecule has 2 heterocycles. The Morgan fingerprint density at radius 1 is 1.07 bits per heavy atom. The van der Waals surface area contributed by atoms with Crippen LogP contribution >= 0.6 is 0 Å². The van der Waals surface area contributed by atoms with Gasteiger partial charge in [0, 0.05) is 25.6 Å². The molecule has 3 atom stereocenters. The number of imidazole rings is 1. The minimum Gasteiger partial charge on any atom is -0.467 e. The molecular formula is C23H31N3O4. The summed E-state index contributed by atoms with van der Waals surface area (Å²) in [7, 11) is 1.38. The molecule has 2 aromatic rings. The van der Waals surface area contributed by atoms with Gasteiger partial charge in [-0.05, 0) is 43.7 Å². The Morgan fingerprint density at radius 3 is 2.40 bits per heavy atom. The van der Waals surface area contributed by atoms with Crippen LogP contribution in [-0.4, -0.2) is 45.1 Å². The predicted molar refractivity (Wildman–Crippen MR) is 114 cm³/mol. The number of amides is 1. The van der Waals surface area contributed by atoms with Gasteiger partial charge in [-0.3, -0.25) is 13.9 Å². The van der Waals surface area contributed by atoms with Crippen molar-refractivity contribution in [1.82, 2.24) is 14.0 Å². The summed E-state index contributed by atoms with van der Waals surface area (Å²) in [6.45, 7) is 3.01. The molecule has 1 aromatic heterocycles. The van der Waals surface area contributed by atoms with Gasteiger partial charge in [0.2, 0.25) is 5.91 Å². The third-order valence-corrected chi connectivity index (χ3v) is 6.77. The molecule has 0 N–H and O–H groups in total. The zero-order chi connectivity index (χ0) is 21.3. The second-order valence-corrected chi connectivity index (χ2v) is 8.51. The van der Waals surface area contributed by atoms with Crippen LogP contribution in [0.25, 0.3) is 11.0 Å². The Bertz CT molecular complexity index is 992. The third kappa shape index (κ3) is 3.55. The average molecular weight is 414 g/mol. The van der Waals surface area contributed by atoms with Crippen molar-refractivity contribution in [1.29, 1.82) is 0 Å². The number of rotatable bonds is 6. The number of carbonyl (C=O) groups is 2. The standard InChI is InChI=1S/C23H31N3O4/c1-3-13-24-18-10-6-7-11-19(18)25(23(24)29)14-12-21(27)26-17-9-5-4-8-16(17)15-20(26)22(28)30-2/h6-7,10-11,16-17,20H,3-5,8-9,12-15H2,1-2H3. The number of nitrogens with zero attached hydrogens (tertiary/aromatic N) is 3. The monoisotopic (exact) mass is 413 g/mol. The molecule has 0 radical (unpaired) electrons. The Kier molecular flexibility index (Phi) is 5.97. The van der Waals surface area contributed by atoms with Gasteiger partial charge in [0.1, 0.15) is 6.04 Å². The molecule has 0 bridgehead atoms. The lowest BCUT2D eigenvalue weighted by molar-refractivity contribution is -0.152. The second kappa shape index (κ2) is 8.66. The molecule has 7 nitrogen and oxygen atoms in total. The maximum Gasteiger partial charge on any atom is 0.329 e. The molecular weight excluding hydrogens is 382 g/mol. The smallest absolute Gasteiger partial charge is 0.329 e. The summed E-state index contributed by atoms with van der Waals surface area (Å²) in [5.74, 6) is -0.00511. The molecule has 1 saturated heterocycles. The minimum atomic E-state index is -0.492. The summed E-state index contributed by atoms with van der Waals surface area (Å²) in [6.07, 6.45) is 6.01. The molecule has 1 saturated carbocycles. The van der Waals surface area contributed by atoms with Crippen LogP contribution in [0.4, 0.5) is 0 Å². The lowest BCUT2D eigenvalue weighted by Gasteiger charge is -2.33. The minimum absolute atomic E-state index is 0.0565. The Hall–Kier alpha value is -2.57. The quantitative estimate of drug-likeness (QED) is 0.683. The van der Waals surface area contributed by atoms with E-state index in [9.17, 15) is 14.4 Å². The zero-order valence-electron chi connectivity index (χ0n) is 17.9. The number of carbonyl (C=O) groups excluding carboxylic acids is 2. The summed E-state index contributed by atoms with van der Waals surface area (Å²) in [6, 6.07) is 7.35. The summed E-state index contributed by atoms with van der Waals surface area (Å²) in [5, 5.41) is 0. The van der Waals surface area contributed by atoms with E-state index in [0.29, 0.717) is 25.4 Å². The first-order valence-corrected chi connectivity index (χ1v) is 11.1. The predicted octanol–water partition coefficient (Wildman–Crippen LogP) is 2.94. The Labute approximate surface area is 176 Å². The average Bonchev–Trinajstić information content (AvgIpc) is 3.28. The summed E-state index contributed by atoms with van der Waals surface area (Å²) in [4.78, 5) is 40.4. The molecule has 4 rings (SSSR count). The van der Waals surface area contributed by atoms with Gasteiger partial charge >= 0.3 is 11.7 Å². The van der Waals surface area contributed by atoms with Gasteiger partial charge in [0.25, 0.3) is 0 Å². The van der Waals surface area contributed by atoms with E-state index in [1.54, 1.807) is 14.0 Å². The van der Waals surface area contributed by atoms with Crippen LogP contribution in [-0.2, 0) is 27.4 Å². The topological polar surface area (TPSA) is 73.5 Å². The van der Waals surface area contributed by atoms with Crippen LogP contribution in [0, 0.1) is 5.92 Å². The molecule has 7 heteroatoms. The van der Waals surface area contributed by atoms with Crippen molar-refractivity contribution in [2.75, 3.05) is 7.11 Å². The highest BCUT2D eigenvalue weighted by Crippen LogP contribution is 2.40. The number of hydrogen-bond donors (Lipinski definition) is 0. The van der Waals surface area contributed by atoms with Crippen molar-refractivity contribution >= 4 is 22.9 Å². The van der Waals surface area contributed by atoms with Crippen molar-refractivity contribution in [2.24, 2.45) is 5.92 Å². The van der Waals surface area contributed by atoms with Crippen LogP contribution < -0.4 is 5.69 Å².